The van der Waals surface area contributed by atoms with E-state index in [1.807, 2.05) is 19.0 Å². The normalized spacial score (nSPS) is 11.9. The lowest BCUT2D eigenvalue weighted by molar-refractivity contribution is -0.384. The van der Waals surface area contributed by atoms with Crippen molar-refractivity contribution in [1.82, 2.24) is 9.21 Å². The highest BCUT2D eigenvalue weighted by Crippen LogP contribution is 2.28. The number of sulfonamides is 1. The van der Waals surface area contributed by atoms with E-state index in [1.54, 1.807) is 13.8 Å². The second kappa shape index (κ2) is 8.23. The van der Waals surface area contributed by atoms with Gasteiger partial charge in [-0.25, -0.2) is 8.42 Å². The van der Waals surface area contributed by atoms with E-state index in [1.165, 1.54) is 16.4 Å². The summed E-state index contributed by atoms with van der Waals surface area (Å²) in [5.41, 5.74) is 0.0762. The van der Waals surface area contributed by atoms with Crippen molar-refractivity contribution < 1.29 is 13.3 Å². The molecule has 1 aromatic rings. The topological polar surface area (TPSA) is 95.8 Å². The van der Waals surface area contributed by atoms with Crippen LogP contribution < -0.4 is 5.32 Å². The van der Waals surface area contributed by atoms with Gasteiger partial charge in [0.25, 0.3) is 5.69 Å². The third-order valence-electron chi connectivity index (χ3n) is 3.38. The van der Waals surface area contributed by atoms with Crippen LogP contribution in [0.25, 0.3) is 0 Å². The fraction of sp³-hybridized carbons (Fsp3) is 0.571. The minimum atomic E-state index is -3.72. The van der Waals surface area contributed by atoms with E-state index in [0.29, 0.717) is 31.9 Å². The predicted octanol–water partition coefficient (Wildman–Crippen LogP) is 1.60. The Labute approximate surface area is 137 Å². The third-order valence-corrected chi connectivity index (χ3v) is 5.43. The number of benzene rings is 1. The highest BCUT2D eigenvalue weighted by atomic mass is 32.2. The molecule has 23 heavy (non-hydrogen) atoms. The van der Waals surface area contributed by atoms with Crippen LogP contribution in [0.2, 0.25) is 0 Å². The molecule has 0 bridgehead atoms. The summed E-state index contributed by atoms with van der Waals surface area (Å²) < 4.78 is 26.2. The van der Waals surface area contributed by atoms with Gasteiger partial charge in [0.05, 0.1) is 9.82 Å². The summed E-state index contributed by atoms with van der Waals surface area (Å²) in [5, 5.41) is 14.2. The Kier molecular flexibility index (Phi) is 6.92. The molecule has 130 valence electrons. The van der Waals surface area contributed by atoms with E-state index in [4.69, 9.17) is 0 Å². The van der Waals surface area contributed by atoms with Crippen LogP contribution in [-0.2, 0) is 10.0 Å². The molecule has 0 saturated carbocycles. The van der Waals surface area contributed by atoms with Crippen LogP contribution in [0.1, 0.15) is 13.8 Å². The quantitative estimate of drug-likeness (QED) is 0.540. The summed E-state index contributed by atoms with van der Waals surface area (Å²) in [6.45, 7) is 5.32. The molecular weight excluding hydrogens is 320 g/mol. The first kappa shape index (κ1) is 19.3. The smallest absolute Gasteiger partial charge is 0.293 e. The van der Waals surface area contributed by atoms with Crippen LogP contribution in [-0.4, -0.2) is 62.8 Å². The number of nitrogens with zero attached hydrogens (tertiary/aromatic N) is 3. The fourth-order valence-corrected chi connectivity index (χ4v) is 3.58. The first-order chi connectivity index (χ1) is 10.7. The molecule has 0 spiro atoms. The maximum absolute atomic E-state index is 12.5. The molecule has 0 atom stereocenters. The van der Waals surface area contributed by atoms with Gasteiger partial charge in [0.2, 0.25) is 10.0 Å². The van der Waals surface area contributed by atoms with Crippen molar-refractivity contribution in [3.63, 3.8) is 0 Å². The average molecular weight is 344 g/mol. The minimum absolute atomic E-state index is 0.0638. The second-order valence-electron chi connectivity index (χ2n) is 5.26. The molecule has 0 radical (unpaired) electrons. The number of hydrogen-bond acceptors (Lipinski definition) is 6. The summed E-state index contributed by atoms with van der Waals surface area (Å²) in [5.74, 6) is 0. The van der Waals surface area contributed by atoms with Crippen LogP contribution in [0, 0.1) is 10.1 Å². The highest BCUT2D eigenvalue weighted by molar-refractivity contribution is 7.89. The zero-order valence-corrected chi connectivity index (χ0v) is 14.8. The van der Waals surface area contributed by atoms with E-state index in [-0.39, 0.29) is 10.6 Å². The molecule has 0 aromatic heterocycles. The molecule has 0 aliphatic heterocycles. The van der Waals surface area contributed by atoms with Gasteiger partial charge in [-0.15, -0.1) is 0 Å². The molecule has 0 aliphatic carbocycles. The molecule has 8 nitrogen and oxygen atoms in total. The lowest BCUT2D eigenvalue weighted by Gasteiger charge is -2.18. The van der Waals surface area contributed by atoms with Gasteiger partial charge in [-0.3, -0.25) is 10.1 Å². The van der Waals surface area contributed by atoms with Gasteiger partial charge in [0, 0.05) is 32.2 Å². The van der Waals surface area contributed by atoms with Gasteiger partial charge in [0.1, 0.15) is 5.69 Å². The van der Waals surface area contributed by atoms with Crippen LogP contribution >= 0.6 is 0 Å². The van der Waals surface area contributed by atoms with Crippen molar-refractivity contribution in [3.8, 4) is 0 Å². The number of nitrogens with one attached hydrogen (secondary N) is 1. The Hall–Kier alpha value is -1.71. The number of likely N-dealkylation sites (N-methyl/N-ethyl adjacent to an activating group) is 1. The van der Waals surface area contributed by atoms with Gasteiger partial charge in [-0.1, -0.05) is 13.8 Å². The first-order valence-corrected chi connectivity index (χ1v) is 8.85. The predicted molar refractivity (Wildman–Crippen MR) is 90.2 cm³/mol. The lowest BCUT2D eigenvalue weighted by atomic mass is 10.2. The summed E-state index contributed by atoms with van der Waals surface area (Å²) in [6.07, 6.45) is 0. The van der Waals surface area contributed by atoms with Crippen molar-refractivity contribution in [2.45, 2.75) is 18.7 Å². The summed E-state index contributed by atoms with van der Waals surface area (Å²) in [7, 11) is 0.0823. The standard InChI is InChI=1S/C14H24N4O4S/c1-5-17(6-2)23(21,22)12-7-8-13(14(11-12)18(19)20)15-9-10-16(3)4/h7-8,11,15H,5-6,9-10H2,1-4H3. The SMILES string of the molecule is CCN(CC)S(=O)(=O)c1ccc(NCCN(C)C)c([N+](=O)[O-])c1. The van der Waals surface area contributed by atoms with Gasteiger partial charge in [-0.05, 0) is 26.2 Å². The first-order valence-electron chi connectivity index (χ1n) is 7.41. The number of nitro groups is 1. The molecule has 0 saturated heterocycles. The van der Waals surface area contributed by atoms with Crippen LogP contribution in [0.4, 0.5) is 11.4 Å². The van der Waals surface area contributed by atoms with Crippen molar-refractivity contribution in [2.75, 3.05) is 45.6 Å². The fourth-order valence-electron chi connectivity index (χ4n) is 2.10. The lowest BCUT2D eigenvalue weighted by Crippen LogP contribution is -2.30. The van der Waals surface area contributed by atoms with Gasteiger partial charge >= 0.3 is 0 Å². The number of anilines is 1. The molecule has 1 aromatic carbocycles. The summed E-state index contributed by atoms with van der Waals surface area (Å²) in [4.78, 5) is 12.6. The molecule has 0 heterocycles. The summed E-state index contributed by atoms with van der Waals surface area (Å²) in [6, 6.07) is 3.97. The van der Waals surface area contributed by atoms with E-state index < -0.39 is 14.9 Å². The maximum atomic E-state index is 12.5. The highest BCUT2D eigenvalue weighted by Gasteiger charge is 2.25. The Balaban J connectivity index is 3.15. The van der Waals surface area contributed by atoms with Gasteiger partial charge < -0.3 is 10.2 Å². The van der Waals surface area contributed by atoms with Gasteiger partial charge in [0.15, 0.2) is 0 Å². The molecule has 0 unspecified atom stereocenters. The third kappa shape index (κ3) is 4.88. The van der Waals surface area contributed by atoms with Crippen molar-refractivity contribution in [3.05, 3.63) is 28.3 Å². The molecule has 9 heteroatoms. The van der Waals surface area contributed by atoms with Crippen molar-refractivity contribution in [1.29, 1.82) is 0 Å². The van der Waals surface area contributed by atoms with Gasteiger partial charge in [-0.2, -0.15) is 4.31 Å². The Bertz CT molecular complexity index is 642. The zero-order chi connectivity index (χ0) is 17.6. The molecule has 0 fully saturated rings. The van der Waals surface area contributed by atoms with Crippen molar-refractivity contribution >= 4 is 21.4 Å². The largest absolute Gasteiger partial charge is 0.378 e. The van der Waals surface area contributed by atoms with E-state index in [0.717, 1.165) is 6.07 Å². The average Bonchev–Trinajstić information content (AvgIpc) is 2.47. The molecule has 1 N–H and O–H groups in total. The van der Waals surface area contributed by atoms with E-state index >= 15 is 0 Å². The molecule has 1 rings (SSSR count). The Morgan fingerprint density at radius 1 is 1.22 bits per heavy atom. The van der Waals surface area contributed by atoms with Crippen LogP contribution in [0.15, 0.2) is 23.1 Å². The Morgan fingerprint density at radius 3 is 2.30 bits per heavy atom. The monoisotopic (exact) mass is 344 g/mol. The minimum Gasteiger partial charge on any atom is -0.378 e. The number of hydrogen-bond donors (Lipinski definition) is 1. The second-order valence-corrected chi connectivity index (χ2v) is 7.19. The Morgan fingerprint density at radius 2 is 1.83 bits per heavy atom. The van der Waals surface area contributed by atoms with E-state index in [9.17, 15) is 18.5 Å². The zero-order valence-electron chi connectivity index (χ0n) is 13.9. The summed E-state index contributed by atoms with van der Waals surface area (Å²) >= 11 is 0. The molecular formula is C14H24N4O4S. The van der Waals surface area contributed by atoms with Crippen LogP contribution in [0.3, 0.4) is 0 Å². The van der Waals surface area contributed by atoms with E-state index in [2.05, 4.69) is 5.32 Å². The number of nitro benzene ring substituents is 1. The van der Waals surface area contributed by atoms with Crippen LogP contribution in [0.5, 0.6) is 0 Å². The maximum Gasteiger partial charge on any atom is 0.293 e. The van der Waals surface area contributed by atoms with Crippen molar-refractivity contribution in [2.24, 2.45) is 0 Å². The number of rotatable bonds is 9. The molecule has 0 amide bonds. The molecule has 0 aliphatic rings.